The predicted octanol–water partition coefficient (Wildman–Crippen LogP) is 6.21. The van der Waals surface area contributed by atoms with Crippen LogP contribution in [0.25, 0.3) is 10.9 Å². The topological polar surface area (TPSA) is 34.5 Å². The SMILES string of the molecule is C=C(C)CC(CC)CC(=O)N1CCCC(c2c(C)c3cccc(F)c3n2CCCOC)C1. The van der Waals surface area contributed by atoms with E-state index in [-0.39, 0.29) is 17.6 Å². The van der Waals surface area contributed by atoms with Crippen molar-refractivity contribution in [2.24, 2.45) is 5.92 Å². The molecule has 1 aliphatic heterocycles. The maximum atomic E-state index is 14.9. The van der Waals surface area contributed by atoms with Crippen LogP contribution in [0.3, 0.4) is 0 Å². The Morgan fingerprint density at radius 3 is 2.81 bits per heavy atom. The number of fused-ring (bicyclic) bond motifs is 1. The van der Waals surface area contributed by atoms with Gasteiger partial charge in [-0.1, -0.05) is 31.1 Å². The highest BCUT2D eigenvalue weighted by atomic mass is 19.1. The number of aryl methyl sites for hydroxylation is 2. The molecular weight excluding hydrogens is 403 g/mol. The summed E-state index contributed by atoms with van der Waals surface area (Å²) in [7, 11) is 1.70. The van der Waals surface area contributed by atoms with E-state index in [2.05, 4.69) is 25.0 Å². The second kappa shape index (κ2) is 11.1. The van der Waals surface area contributed by atoms with Crippen molar-refractivity contribution in [2.75, 3.05) is 26.8 Å². The number of piperidine rings is 1. The molecular formula is C27H39FN2O2. The highest BCUT2D eigenvalue weighted by Crippen LogP contribution is 2.37. The van der Waals surface area contributed by atoms with E-state index in [9.17, 15) is 9.18 Å². The minimum absolute atomic E-state index is 0.177. The number of hydrogen-bond donors (Lipinski definition) is 0. The van der Waals surface area contributed by atoms with Crippen molar-refractivity contribution in [2.45, 2.75) is 71.8 Å². The number of likely N-dealkylation sites (tertiary alicyclic amines) is 1. The van der Waals surface area contributed by atoms with Gasteiger partial charge in [0.15, 0.2) is 0 Å². The molecule has 1 saturated heterocycles. The molecule has 0 aliphatic carbocycles. The third kappa shape index (κ3) is 5.43. The molecule has 1 aliphatic rings. The Hall–Kier alpha value is -2.14. The highest BCUT2D eigenvalue weighted by Gasteiger charge is 2.30. The summed E-state index contributed by atoms with van der Waals surface area (Å²) in [6, 6.07) is 5.35. The van der Waals surface area contributed by atoms with Crippen LogP contribution in [0, 0.1) is 18.7 Å². The Morgan fingerprint density at radius 1 is 1.34 bits per heavy atom. The van der Waals surface area contributed by atoms with Crippen molar-refractivity contribution < 1.29 is 13.9 Å². The lowest BCUT2D eigenvalue weighted by atomic mass is 9.90. The molecule has 2 atom stereocenters. The number of hydrogen-bond acceptors (Lipinski definition) is 2. The molecule has 4 nitrogen and oxygen atoms in total. The molecule has 1 aromatic carbocycles. The molecule has 0 radical (unpaired) electrons. The first-order valence-corrected chi connectivity index (χ1v) is 12.1. The number of carbonyl (C=O) groups excluding carboxylic acids is 1. The highest BCUT2D eigenvalue weighted by molar-refractivity contribution is 5.86. The quantitative estimate of drug-likeness (QED) is 0.324. The summed E-state index contributed by atoms with van der Waals surface area (Å²) < 4.78 is 22.3. The van der Waals surface area contributed by atoms with E-state index >= 15 is 0 Å². The van der Waals surface area contributed by atoms with E-state index < -0.39 is 0 Å². The molecule has 1 amide bonds. The molecule has 32 heavy (non-hydrogen) atoms. The normalized spacial score (nSPS) is 17.7. The van der Waals surface area contributed by atoms with Crippen molar-refractivity contribution in [1.82, 2.24) is 9.47 Å². The van der Waals surface area contributed by atoms with E-state index in [1.54, 1.807) is 19.2 Å². The first kappa shape index (κ1) is 24.5. The maximum Gasteiger partial charge on any atom is 0.222 e. The predicted molar refractivity (Wildman–Crippen MR) is 130 cm³/mol. The summed E-state index contributed by atoms with van der Waals surface area (Å²) in [6.07, 6.45) is 5.31. The van der Waals surface area contributed by atoms with Gasteiger partial charge in [-0.15, -0.1) is 6.58 Å². The minimum Gasteiger partial charge on any atom is -0.385 e. The molecule has 0 N–H and O–H groups in total. The smallest absolute Gasteiger partial charge is 0.222 e. The van der Waals surface area contributed by atoms with Crippen LogP contribution in [-0.4, -0.2) is 42.2 Å². The van der Waals surface area contributed by atoms with Gasteiger partial charge in [-0.05, 0) is 57.1 Å². The molecule has 2 heterocycles. The number of para-hydroxylation sites is 1. The number of carbonyl (C=O) groups is 1. The van der Waals surface area contributed by atoms with Gasteiger partial charge in [-0.2, -0.15) is 0 Å². The number of halogens is 1. The molecule has 1 aromatic heterocycles. The van der Waals surface area contributed by atoms with E-state index in [4.69, 9.17) is 4.74 Å². The number of aromatic nitrogens is 1. The average molecular weight is 443 g/mol. The van der Waals surface area contributed by atoms with Crippen LogP contribution in [0.2, 0.25) is 0 Å². The van der Waals surface area contributed by atoms with Crippen LogP contribution in [-0.2, 0) is 16.1 Å². The van der Waals surface area contributed by atoms with Crippen LogP contribution in [0.1, 0.15) is 69.5 Å². The van der Waals surface area contributed by atoms with Gasteiger partial charge in [0.25, 0.3) is 0 Å². The first-order valence-electron chi connectivity index (χ1n) is 12.1. The second-order valence-corrected chi connectivity index (χ2v) is 9.46. The van der Waals surface area contributed by atoms with Crippen molar-refractivity contribution in [3.8, 4) is 0 Å². The Kier molecular flexibility index (Phi) is 8.52. The maximum absolute atomic E-state index is 14.9. The fourth-order valence-corrected chi connectivity index (χ4v) is 5.34. The van der Waals surface area contributed by atoms with Gasteiger partial charge in [0.2, 0.25) is 5.91 Å². The Bertz CT molecular complexity index is 949. The molecule has 3 rings (SSSR count). The molecule has 176 valence electrons. The number of amides is 1. The van der Waals surface area contributed by atoms with Crippen LogP contribution >= 0.6 is 0 Å². The summed E-state index contributed by atoms with van der Waals surface area (Å²) in [5.74, 6) is 0.650. The summed E-state index contributed by atoms with van der Waals surface area (Å²) in [4.78, 5) is 15.2. The van der Waals surface area contributed by atoms with Crippen molar-refractivity contribution in [3.63, 3.8) is 0 Å². The molecule has 0 bridgehead atoms. The van der Waals surface area contributed by atoms with E-state index in [1.807, 2.05) is 17.9 Å². The fourth-order valence-electron chi connectivity index (χ4n) is 5.34. The van der Waals surface area contributed by atoms with Crippen molar-refractivity contribution in [1.29, 1.82) is 0 Å². The van der Waals surface area contributed by atoms with Gasteiger partial charge >= 0.3 is 0 Å². The fraction of sp³-hybridized carbons (Fsp3) is 0.593. The molecule has 5 heteroatoms. The summed E-state index contributed by atoms with van der Waals surface area (Å²) in [6.45, 7) is 13.2. The van der Waals surface area contributed by atoms with Gasteiger partial charge in [0, 0.05) is 56.8 Å². The van der Waals surface area contributed by atoms with Gasteiger partial charge in [0.1, 0.15) is 5.82 Å². The molecule has 0 spiro atoms. The molecule has 1 fully saturated rings. The van der Waals surface area contributed by atoms with Crippen LogP contribution in [0.5, 0.6) is 0 Å². The van der Waals surface area contributed by atoms with E-state index in [0.717, 1.165) is 61.7 Å². The third-order valence-corrected chi connectivity index (χ3v) is 6.90. The van der Waals surface area contributed by atoms with Crippen LogP contribution in [0.4, 0.5) is 4.39 Å². The van der Waals surface area contributed by atoms with E-state index in [1.165, 1.54) is 5.69 Å². The number of benzene rings is 1. The van der Waals surface area contributed by atoms with Gasteiger partial charge in [-0.3, -0.25) is 4.79 Å². The lowest BCUT2D eigenvalue weighted by Gasteiger charge is -2.35. The third-order valence-electron chi connectivity index (χ3n) is 6.90. The summed E-state index contributed by atoms with van der Waals surface area (Å²) >= 11 is 0. The van der Waals surface area contributed by atoms with Gasteiger partial charge < -0.3 is 14.2 Å². The van der Waals surface area contributed by atoms with Crippen LogP contribution < -0.4 is 0 Å². The zero-order valence-electron chi connectivity index (χ0n) is 20.3. The standard InChI is InChI=1S/C27H39FN2O2/c1-6-21(16-19(2)3)17-25(31)29-13-8-10-22(18-29)26-20(4)23-11-7-12-24(28)27(23)30(26)14-9-15-32-5/h7,11-12,21-22H,2,6,8-10,13-18H2,1,3-5H3. The molecule has 2 unspecified atom stereocenters. The lowest BCUT2D eigenvalue weighted by molar-refractivity contribution is -0.133. The minimum atomic E-state index is -0.177. The largest absolute Gasteiger partial charge is 0.385 e. The Balaban J connectivity index is 1.87. The summed E-state index contributed by atoms with van der Waals surface area (Å²) in [5, 5.41) is 0.980. The number of ether oxygens (including phenoxy) is 1. The van der Waals surface area contributed by atoms with Crippen molar-refractivity contribution >= 4 is 16.8 Å². The second-order valence-electron chi connectivity index (χ2n) is 9.46. The Morgan fingerprint density at radius 2 is 2.12 bits per heavy atom. The van der Waals surface area contributed by atoms with Crippen molar-refractivity contribution in [3.05, 3.63) is 47.4 Å². The Labute approximate surface area is 192 Å². The van der Waals surface area contributed by atoms with Crippen LogP contribution in [0.15, 0.2) is 30.4 Å². The lowest BCUT2D eigenvalue weighted by Crippen LogP contribution is -2.40. The number of methoxy groups -OCH3 is 1. The zero-order valence-corrected chi connectivity index (χ0v) is 20.3. The number of nitrogens with zero attached hydrogens (tertiary/aromatic N) is 2. The first-order chi connectivity index (χ1) is 15.4. The summed E-state index contributed by atoms with van der Waals surface area (Å²) in [5.41, 5.74) is 4.16. The molecule has 2 aromatic rings. The average Bonchev–Trinajstić information content (AvgIpc) is 3.06. The van der Waals surface area contributed by atoms with E-state index in [0.29, 0.717) is 31.0 Å². The van der Waals surface area contributed by atoms with Gasteiger partial charge in [0.05, 0.1) is 5.52 Å². The number of rotatable bonds is 10. The zero-order chi connectivity index (χ0) is 23.3. The van der Waals surface area contributed by atoms with Gasteiger partial charge in [-0.25, -0.2) is 4.39 Å². The molecule has 0 saturated carbocycles. The number of allylic oxidation sites excluding steroid dienone is 1. The monoisotopic (exact) mass is 442 g/mol.